The largest absolute Gasteiger partial charge is 0.469 e. The van der Waals surface area contributed by atoms with E-state index in [9.17, 15) is 14.4 Å². The molecule has 1 aliphatic heterocycles. The molecule has 1 heterocycles. The molecule has 0 aromatic rings. The quantitative estimate of drug-likeness (QED) is 0.0493. The van der Waals surface area contributed by atoms with Crippen molar-refractivity contribution < 1.29 is 19.1 Å². The summed E-state index contributed by atoms with van der Waals surface area (Å²) in [6, 6.07) is 0. The van der Waals surface area contributed by atoms with E-state index in [4.69, 9.17) is 4.74 Å². The fourth-order valence-electron chi connectivity index (χ4n) is 6.08. The Morgan fingerprint density at radius 1 is 0.591 bits per heavy atom. The zero-order chi connectivity index (χ0) is 32.1. The molecule has 0 atom stereocenters. The highest BCUT2D eigenvalue weighted by atomic mass is 16.5. The molecular weight excluding hydrogens is 552 g/mol. The Labute approximate surface area is 271 Å². The summed E-state index contributed by atoms with van der Waals surface area (Å²) < 4.78 is 4.75. The minimum absolute atomic E-state index is 0.124. The second-order valence-corrected chi connectivity index (χ2v) is 13.0. The highest BCUT2D eigenvalue weighted by Crippen LogP contribution is 2.12. The van der Waals surface area contributed by atoms with Gasteiger partial charge in [0.15, 0.2) is 0 Å². The van der Waals surface area contributed by atoms with Crippen LogP contribution in [0.25, 0.3) is 0 Å². The summed E-state index contributed by atoms with van der Waals surface area (Å²) in [5.74, 6) is 0.0699. The zero-order valence-corrected chi connectivity index (χ0v) is 29.2. The van der Waals surface area contributed by atoms with Crippen LogP contribution in [-0.2, 0) is 19.1 Å². The fourth-order valence-corrected chi connectivity index (χ4v) is 6.08. The van der Waals surface area contributed by atoms with Crippen LogP contribution in [0.1, 0.15) is 142 Å². The molecule has 8 nitrogen and oxygen atoms in total. The first-order valence-electron chi connectivity index (χ1n) is 18.5. The summed E-state index contributed by atoms with van der Waals surface area (Å²) in [4.78, 5) is 44.5. The Balaban J connectivity index is 2.61. The van der Waals surface area contributed by atoms with Gasteiger partial charge in [-0.15, -0.1) is 0 Å². The van der Waals surface area contributed by atoms with Crippen LogP contribution in [0.15, 0.2) is 0 Å². The minimum Gasteiger partial charge on any atom is -0.469 e. The molecule has 0 N–H and O–H groups in total. The van der Waals surface area contributed by atoms with E-state index in [1.165, 1.54) is 110 Å². The Morgan fingerprint density at radius 2 is 1.02 bits per heavy atom. The molecule has 0 radical (unpaired) electrons. The van der Waals surface area contributed by atoms with E-state index in [1.54, 1.807) is 4.90 Å². The molecular formula is C36H70N4O4. The number of unbranched alkanes of at least 4 members (excludes halogenated alkanes) is 16. The van der Waals surface area contributed by atoms with E-state index in [-0.39, 0.29) is 11.9 Å². The lowest BCUT2D eigenvalue weighted by Gasteiger charge is -2.34. The number of nitrogens with zero attached hydrogens (tertiary/aromatic N) is 4. The Hall–Kier alpha value is -1.67. The number of rotatable bonds is 30. The molecule has 0 aromatic carbocycles. The summed E-state index contributed by atoms with van der Waals surface area (Å²) in [5, 5.41) is 0. The van der Waals surface area contributed by atoms with Gasteiger partial charge in [0.2, 0.25) is 12.3 Å². The van der Waals surface area contributed by atoms with Crippen LogP contribution in [-0.4, -0.2) is 110 Å². The van der Waals surface area contributed by atoms with Gasteiger partial charge in [-0.3, -0.25) is 19.3 Å². The lowest BCUT2D eigenvalue weighted by molar-refractivity contribution is -0.140. The van der Waals surface area contributed by atoms with Gasteiger partial charge < -0.3 is 19.4 Å². The molecule has 0 spiro atoms. The predicted octanol–water partition coefficient (Wildman–Crippen LogP) is 6.91. The van der Waals surface area contributed by atoms with Crippen molar-refractivity contribution in [3.8, 4) is 0 Å². The number of ether oxygens (including phenoxy) is 1. The lowest BCUT2D eigenvalue weighted by Crippen LogP contribution is -2.51. The normalized spacial score (nSPS) is 13.7. The molecule has 0 unspecified atom stereocenters. The maximum absolute atomic E-state index is 13.3. The monoisotopic (exact) mass is 623 g/mol. The Morgan fingerprint density at radius 3 is 1.50 bits per heavy atom. The van der Waals surface area contributed by atoms with Crippen LogP contribution in [0.5, 0.6) is 0 Å². The number of hydrogen-bond donors (Lipinski definition) is 0. The van der Waals surface area contributed by atoms with E-state index in [0.717, 1.165) is 58.1 Å². The van der Waals surface area contributed by atoms with Gasteiger partial charge in [-0.2, -0.15) is 0 Å². The highest BCUT2D eigenvalue weighted by molar-refractivity contribution is 5.78. The molecule has 1 rings (SSSR count). The van der Waals surface area contributed by atoms with Gasteiger partial charge in [-0.25, -0.2) is 0 Å². The van der Waals surface area contributed by atoms with Crippen molar-refractivity contribution in [3.05, 3.63) is 0 Å². The van der Waals surface area contributed by atoms with Crippen molar-refractivity contribution in [2.45, 2.75) is 142 Å². The van der Waals surface area contributed by atoms with Gasteiger partial charge in [0, 0.05) is 45.7 Å². The van der Waals surface area contributed by atoms with Gasteiger partial charge >= 0.3 is 5.97 Å². The molecule has 0 saturated carbocycles. The third kappa shape index (κ3) is 21.9. The van der Waals surface area contributed by atoms with Gasteiger partial charge in [0.25, 0.3) is 0 Å². The van der Waals surface area contributed by atoms with Gasteiger partial charge in [0.05, 0.1) is 13.7 Å². The second-order valence-electron chi connectivity index (χ2n) is 13.0. The van der Waals surface area contributed by atoms with Crippen molar-refractivity contribution in [2.24, 2.45) is 0 Å². The maximum Gasteiger partial charge on any atom is 0.305 e. The van der Waals surface area contributed by atoms with Crippen molar-refractivity contribution in [1.29, 1.82) is 0 Å². The number of carbonyl (C=O) groups excluding carboxylic acids is 3. The SMILES string of the molecule is CCCCCCCCCN(CCCCCCCCC)CCN(CCCCCCCC(=O)OC)CC(=O)N1CCN(C=O)CC1. The van der Waals surface area contributed by atoms with Crippen LogP contribution in [0.2, 0.25) is 0 Å². The first-order chi connectivity index (χ1) is 21.5. The third-order valence-electron chi connectivity index (χ3n) is 9.15. The lowest BCUT2D eigenvalue weighted by atomic mass is 10.1. The number of hydrogen-bond acceptors (Lipinski definition) is 6. The first kappa shape index (κ1) is 40.4. The molecule has 258 valence electrons. The average Bonchev–Trinajstić information content (AvgIpc) is 3.04. The minimum atomic E-state index is -0.124. The van der Waals surface area contributed by atoms with Crippen molar-refractivity contribution in [1.82, 2.24) is 19.6 Å². The van der Waals surface area contributed by atoms with Crippen LogP contribution >= 0.6 is 0 Å². The van der Waals surface area contributed by atoms with Gasteiger partial charge in [-0.1, -0.05) is 110 Å². The van der Waals surface area contributed by atoms with E-state index in [0.29, 0.717) is 39.1 Å². The standard InChI is InChI=1S/C36H70N4O4/c1-4-6-8-10-12-16-20-24-37(25-21-17-13-11-9-7-5-2)27-28-38(26-22-18-14-15-19-23-36(43)44-3)33-35(42)40-31-29-39(34-41)30-32-40/h34H,4-33H2,1-3H3. The number of piperazine rings is 1. The van der Waals surface area contributed by atoms with E-state index >= 15 is 0 Å². The van der Waals surface area contributed by atoms with Gasteiger partial charge in [-0.05, 0) is 45.3 Å². The molecule has 1 saturated heterocycles. The number of amides is 2. The van der Waals surface area contributed by atoms with Crippen LogP contribution in [0, 0.1) is 0 Å². The predicted molar refractivity (Wildman–Crippen MR) is 183 cm³/mol. The van der Waals surface area contributed by atoms with Crippen LogP contribution in [0.3, 0.4) is 0 Å². The molecule has 0 aliphatic carbocycles. The van der Waals surface area contributed by atoms with Crippen LogP contribution < -0.4 is 0 Å². The molecule has 1 aliphatic rings. The van der Waals surface area contributed by atoms with Crippen LogP contribution in [0.4, 0.5) is 0 Å². The van der Waals surface area contributed by atoms with E-state index in [2.05, 4.69) is 23.6 Å². The first-order valence-corrected chi connectivity index (χ1v) is 18.5. The third-order valence-corrected chi connectivity index (χ3v) is 9.15. The second kappa shape index (κ2) is 28.8. The van der Waals surface area contributed by atoms with Gasteiger partial charge in [0.1, 0.15) is 0 Å². The van der Waals surface area contributed by atoms with Crippen molar-refractivity contribution in [3.63, 3.8) is 0 Å². The maximum atomic E-state index is 13.3. The average molecular weight is 623 g/mol. The number of carbonyl (C=O) groups is 3. The fraction of sp³-hybridized carbons (Fsp3) is 0.917. The molecule has 0 aromatic heterocycles. The summed E-state index contributed by atoms with van der Waals surface area (Å²) in [6.45, 7) is 12.8. The smallest absolute Gasteiger partial charge is 0.305 e. The molecule has 0 bridgehead atoms. The highest BCUT2D eigenvalue weighted by Gasteiger charge is 2.22. The zero-order valence-electron chi connectivity index (χ0n) is 29.2. The summed E-state index contributed by atoms with van der Waals surface area (Å²) >= 11 is 0. The summed E-state index contributed by atoms with van der Waals surface area (Å²) in [6.07, 6.45) is 25.3. The number of methoxy groups -OCH3 is 1. The topological polar surface area (TPSA) is 73.4 Å². The number of esters is 1. The Bertz CT molecular complexity index is 682. The molecule has 44 heavy (non-hydrogen) atoms. The molecule has 2 amide bonds. The van der Waals surface area contributed by atoms with E-state index < -0.39 is 0 Å². The Kier molecular flexibility index (Phi) is 26.4. The van der Waals surface area contributed by atoms with E-state index in [1.807, 2.05) is 4.90 Å². The summed E-state index contributed by atoms with van der Waals surface area (Å²) in [7, 11) is 1.45. The van der Waals surface area contributed by atoms with Crippen molar-refractivity contribution >= 4 is 18.3 Å². The molecule has 8 heteroatoms. The van der Waals surface area contributed by atoms with Crippen molar-refractivity contribution in [2.75, 3.05) is 72.6 Å². The summed E-state index contributed by atoms with van der Waals surface area (Å²) in [5.41, 5.74) is 0. The molecule has 1 fully saturated rings.